The van der Waals surface area contributed by atoms with Gasteiger partial charge in [0.1, 0.15) is 0 Å². The number of carbonyl (C=O) groups excluding carboxylic acids is 1. The van der Waals surface area contributed by atoms with E-state index in [2.05, 4.69) is 15.2 Å². The van der Waals surface area contributed by atoms with Gasteiger partial charge in [-0.05, 0) is 29.8 Å². The first-order valence-electron chi connectivity index (χ1n) is 7.65. The Balaban J connectivity index is 1.94. The SMILES string of the molecule is COc1ccc(S(=O)(=O)NCC(=O)N/N=C\c2ccc(Cl)cc2)cc1OC. The Morgan fingerprint density at radius 2 is 1.78 bits per heavy atom. The normalized spacial score (nSPS) is 11.4. The molecule has 0 bridgehead atoms. The third kappa shape index (κ3) is 5.95. The number of nitrogens with one attached hydrogen (secondary N) is 2. The number of nitrogens with zero attached hydrogens (tertiary/aromatic N) is 1. The fourth-order valence-corrected chi connectivity index (χ4v) is 3.12. The highest BCUT2D eigenvalue weighted by Crippen LogP contribution is 2.29. The van der Waals surface area contributed by atoms with E-state index in [0.717, 1.165) is 5.56 Å². The molecular weight excluding hydrogens is 394 g/mol. The number of amides is 1. The summed E-state index contributed by atoms with van der Waals surface area (Å²) in [5.41, 5.74) is 2.96. The van der Waals surface area contributed by atoms with Crippen LogP contribution in [0.5, 0.6) is 11.5 Å². The summed E-state index contributed by atoms with van der Waals surface area (Å²) in [6.07, 6.45) is 1.41. The first-order chi connectivity index (χ1) is 12.9. The molecule has 2 aromatic carbocycles. The van der Waals surface area contributed by atoms with Crippen LogP contribution in [0.3, 0.4) is 0 Å². The lowest BCUT2D eigenvalue weighted by atomic mass is 10.2. The Morgan fingerprint density at radius 3 is 2.41 bits per heavy atom. The zero-order valence-electron chi connectivity index (χ0n) is 14.6. The Bertz CT molecular complexity index is 930. The Kier molecular flexibility index (Phi) is 7.17. The minimum absolute atomic E-state index is 0.0578. The van der Waals surface area contributed by atoms with Crippen molar-refractivity contribution in [3.63, 3.8) is 0 Å². The molecule has 8 nitrogen and oxygen atoms in total. The van der Waals surface area contributed by atoms with Gasteiger partial charge in [-0.15, -0.1) is 0 Å². The molecule has 10 heteroatoms. The monoisotopic (exact) mass is 411 g/mol. The van der Waals surface area contributed by atoms with Crippen LogP contribution in [0.1, 0.15) is 5.56 Å². The van der Waals surface area contributed by atoms with Gasteiger partial charge in [0.15, 0.2) is 11.5 Å². The lowest BCUT2D eigenvalue weighted by Crippen LogP contribution is -2.34. The first kappa shape index (κ1) is 20.7. The van der Waals surface area contributed by atoms with E-state index in [4.69, 9.17) is 21.1 Å². The third-order valence-corrected chi connectivity index (χ3v) is 5.01. The quantitative estimate of drug-likeness (QED) is 0.508. The molecule has 0 saturated carbocycles. The van der Waals surface area contributed by atoms with Crippen LogP contribution in [0.15, 0.2) is 52.5 Å². The number of hydrogen-bond acceptors (Lipinski definition) is 6. The van der Waals surface area contributed by atoms with E-state index in [9.17, 15) is 13.2 Å². The molecule has 0 aliphatic heterocycles. The number of halogens is 1. The minimum atomic E-state index is -3.91. The molecule has 0 aliphatic rings. The molecule has 27 heavy (non-hydrogen) atoms. The average Bonchev–Trinajstić information content (AvgIpc) is 2.67. The molecule has 1 amide bonds. The van der Waals surface area contributed by atoms with Crippen LogP contribution in [0.4, 0.5) is 0 Å². The zero-order valence-corrected chi connectivity index (χ0v) is 16.2. The van der Waals surface area contributed by atoms with Gasteiger partial charge in [-0.3, -0.25) is 4.79 Å². The van der Waals surface area contributed by atoms with Crippen molar-refractivity contribution < 1.29 is 22.7 Å². The van der Waals surface area contributed by atoms with Gasteiger partial charge in [-0.25, -0.2) is 18.6 Å². The van der Waals surface area contributed by atoms with Gasteiger partial charge in [0, 0.05) is 11.1 Å². The molecule has 0 aliphatic carbocycles. The third-order valence-electron chi connectivity index (χ3n) is 3.36. The van der Waals surface area contributed by atoms with E-state index in [1.165, 1.54) is 38.6 Å². The highest BCUT2D eigenvalue weighted by Gasteiger charge is 2.18. The second-order valence-electron chi connectivity index (χ2n) is 5.19. The first-order valence-corrected chi connectivity index (χ1v) is 9.51. The van der Waals surface area contributed by atoms with Crippen molar-refractivity contribution in [2.45, 2.75) is 4.90 Å². The lowest BCUT2D eigenvalue weighted by Gasteiger charge is -2.10. The number of carbonyl (C=O) groups is 1. The molecular formula is C17H18ClN3O5S. The van der Waals surface area contributed by atoms with Crippen LogP contribution >= 0.6 is 11.6 Å². The molecule has 0 saturated heterocycles. The van der Waals surface area contributed by atoms with Gasteiger partial charge < -0.3 is 9.47 Å². The summed E-state index contributed by atoms with van der Waals surface area (Å²) < 4.78 is 36.9. The Hall–Kier alpha value is -2.62. The van der Waals surface area contributed by atoms with Gasteiger partial charge in [0.2, 0.25) is 10.0 Å². The van der Waals surface area contributed by atoms with Crippen molar-refractivity contribution >= 4 is 33.7 Å². The van der Waals surface area contributed by atoms with Gasteiger partial charge >= 0.3 is 0 Å². The van der Waals surface area contributed by atoms with Crippen molar-refractivity contribution in [3.05, 3.63) is 53.1 Å². The molecule has 144 valence electrons. The van der Waals surface area contributed by atoms with Crippen molar-refractivity contribution in [2.24, 2.45) is 5.10 Å². The summed E-state index contributed by atoms with van der Waals surface area (Å²) in [6, 6.07) is 10.9. The largest absolute Gasteiger partial charge is 0.493 e. The summed E-state index contributed by atoms with van der Waals surface area (Å²) in [6.45, 7) is -0.478. The maximum Gasteiger partial charge on any atom is 0.255 e. The predicted octanol–water partition coefficient (Wildman–Crippen LogP) is 1.79. The van der Waals surface area contributed by atoms with Gasteiger partial charge in [0.05, 0.1) is 31.9 Å². The number of methoxy groups -OCH3 is 2. The van der Waals surface area contributed by atoms with Gasteiger partial charge in [0.25, 0.3) is 5.91 Å². The highest BCUT2D eigenvalue weighted by atomic mass is 35.5. The molecule has 0 aromatic heterocycles. The van der Waals surface area contributed by atoms with Crippen molar-refractivity contribution in [1.82, 2.24) is 10.1 Å². The maximum atomic E-state index is 12.3. The van der Waals surface area contributed by atoms with Crippen molar-refractivity contribution in [3.8, 4) is 11.5 Å². The van der Waals surface area contributed by atoms with E-state index in [0.29, 0.717) is 10.8 Å². The minimum Gasteiger partial charge on any atom is -0.493 e. The fourth-order valence-electron chi connectivity index (χ4n) is 1.99. The molecule has 2 rings (SSSR count). The van der Waals surface area contributed by atoms with E-state index < -0.39 is 22.5 Å². The number of hydrogen-bond donors (Lipinski definition) is 2. The number of benzene rings is 2. The molecule has 0 spiro atoms. The molecule has 0 unspecified atom stereocenters. The molecule has 2 aromatic rings. The summed E-state index contributed by atoms with van der Waals surface area (Å²) >= 11 is 5.77. The second-order valence-corrected chi connectivity index (χ2v) is 7.39. The molecule has 0 radical (unpaired) electrons. The zero-order chi connectivity index (χ0) is 19.9. The standard InChI is InChI=1S/C17H18ClN3O5S/c1-25-15-8-7-14(9-16(15)26-2)27(23,24)20-11-17(22)21-19-10-12-3-5-13(18)6-4-12/h3-10,20H,11H2,1-2H3,(H,21,22)/b19-10-. The Labute approximate surface area is 162 Å². The average molecular weight is 412 g/mol. The Morgan fingerprint density at radius 1 is 1.11 bits per heavy atom. The van der Waals surface area contributed by atoms with Crippen LogP contribution in [0.2, 0.25) is 5.02 Å². The predicted molar refractivity (Wildman–Crippen MR) is 102 cm³/mol. The maximum absolute atomic E-state index is 12.3. The number of rotatable bonds is 8. The van der Waals surface area contributed by atoms with Gasteiger partial charge in [-0.1, -0.05) is 23.7 Å². The van der Waals surface area contributed by atoms with Crippen LogP contribution in [0.25, 0.3) is 0 Å². The smallest absolute Gasteiger partial charge is 0.255 e. The van der Waals surface area contributed by atoms with Crippen LogP contribution in [0, 0.1) is 0 Å². The van der Waals surface area contributed by atoms with E-state index in [1.54, 1.807) is 24.3 Å². The number of ether oxygens (including phenoxy) is 2. The van der Waals surface area contributed by atoms with E-state index in [-0.39, 0.29) is 10.6 Å². The van der Waals surface area contributed by atoms with Crippen LogP contribution in [-0.4, -0.2) is 41.3 Å². The summed E-state index contributed by atoms with van der Waals surface area (Å²) in [5, 5.41) is 4.34. The number of sulfonamides is 1. The summed E-state index contributed by atoms with van der Waals surface area (Å²) in [7, 11) is -1.07. The molecule has 0 atom stereocenters. The van der Waals surface area contributed by atoms with E-state index in [1.807, 2.05) is 0 Å². The summed E-state index contributed by atoms with van der Waals surface area (Å²) in [4.78, 5) is 11.7. The van der Waals surface area contributed by atoms with Gasteiger partial charge in [-0.2, -0.15) is 5.10 Å². The molecule has 0 heterocycles. The second kappa shape index (κ2) is 9.36. The fraction of sp³-hybridized carbons (Fsp3) is 0.176. The topological polar surface area (TPSA) is 106 Å². The van der Waals surface area contributed by atoms with Crippen LogP contribution < -0.4 is 19.6 Å². The van der Waals surface area contributed by atoms with Crippen molar-refractivity contribution in [2.75, 3.05) is 20.8 Å². The summed E-state index contributed by atoms with van der Waals surface area (Å²) in [5.74, 6) is 0.0346. The lowest BCUT2D eigenvalue weighted by molar-refractivity contribution is -0.119. The highest BCUT2D eigenvalue weighted by molar-refractivity contribution is 7.89. The van der Waals surface area contributed by atoms with Crippen molar-refractivity contribution in [1.29, 1.82) is 0 Å². The van der Waals surface area contributed by atoms with E-state index >= 15 is 0 Å². The van der Waals surface area contributed by atoms with Crippen LogP contribution in [-0.2, 0) is 14.8 Å². The number of hydrazone groups is 1. The molecule has 0 fully saturated rings. The molecule has 2 N–H and O–H groups in total.